The van der Waals surface area contributed by atoms with E-state index in [2.05, 4.69) is 20.5 Å². The highest BCUT2D eigenvalue weighted by Crippen LogP contribution is 2.21. The Hall–Kier alpha value is -3.68. The lowest BCUT2D eigenvalue weighted by Gasteiger charge is -2.05. The molecule has 0 radical (unpaired) electrons. The predicted molar refractivity (Wildman–Crippen MR) is 101 cm³/mol. The van der Waals surface area contributed by atoms with E-state index < -0.39 is 0 Å². The van der Waals surface area contributed by atoms with E-state index in [0.29, 0.717) is 24.9 Å². The summed E-state index contributed by atoms with van der Waals surface area (Å²) >= 11 is 0. The van der Waals surface area contributed by atoms with Crippen LogP contribution in [-0.2, 0) is 13.2 Å². The molecule has 0 fully saturated rings. The Morgan fingerprint density at radius 3 is 2.61 bits per heavy atom. The minimum atomic E-state index is 0.330. The fourth-order valence-electron chi connectivity index (χ4n) is 2.70. The number of ether oxygens (including phenoxy) is 2. The molecular weight excluding hydrogens is 358 g/mol. The largest absolute Gasteiger partial charge is 0.497 e. The second kappa shape index (κ2) is 7.91. The van der Waals surface area contributed by atoms with Crippen LogP contribution in [0.1, 0.15) is 17.1 Å². The zero-order valence-electron chi connectivity index (χ0n) is 15.6. The molecule has 0 bridgehead atoms. The molecule has 0 aliphatic carbocycles. The molecule has 0 N–H and O–H groups in total. The van der Waals surface area contributed by atoms with Gasteiger partial charge < -0.3 is 13.9 Å². The standard InChI is InChI=1S/C20H19N5O3/c1-14-21-23-20(28-14)16-6-8-18(9-7-16)27-13-17-12-25(24-22-17)11-15-4-3-5-19(10-15)26-2/h3-10,12H,11,13H2,1-2H3. The van der Waals surface area contributed by atoms with Crippen molar-refractivity contribution in [3.05, 3.63) is 71.9 Å². The highest BCUT2D eigenvalue weighted by atomic mass is 16.5. The van der Waals surface area contributed by atoms with Gasteiger partial charge in [-0.15, -0.1) is 15.3 Å². The number of aromatic nitrogens is 5. The summed E-state index contributed by atoms with van der Waals surface area (Å²) in [6.45, 7) is 2.70. The molecule has 0 unspecified atom stereocenters. The van der Waals surface area contributed by atoms with Crippen molar-refractivity contribution < 1.29 is 13.9 Å². The highest BCUT2D eigenvalue weighted by Gasteiger charge is 2.07. The average molecular weight is 377 g/mol. The van der Waals surface area contributed by atoms with Crippen molar-refractivity contribution in [1.29, 1.82) is 0 Å². The Kier molecular flexibility index (Phi) is 5.01. The Bertz CT molecular complexity index is 1060. The van der Waals surface area contributed by atoms with E-state index in [4.69, 9.17) is 13.9 Å². The van der Waals surface area contributed by atoms with Crippen LogP contribution in [0, 0.1) is 6.92 Å². The summed E-state index contributed by atoms with van der Waals surface area (Å²) in [5.41, 5.74) is 2.68. The zero-order chi connectivity index (χ0) is 19.3. The van der Waals surface area contributed by atoms with Crippen LogP contribution in [0.25, 0.3) is 11.5 Å². The summed E-state index contributed by atoms with van der Waals surface area (Å²) in [6.07, 6.45) is 1.87. The van der Waals surface area contributed by atoms with Crippen LogP contribution in [0.3, 0.4) is 0 Å². The number of nitrogens with zero attached hydrogens (tertiary/aromatic N) is 5. The molecular formula is C20H19N5O3. The SMILES string of the molecule is COc1cccc(Cn2cc(COc3ccc(-c4nnc(C)o4)cc3)nn2)c1. The van der Waals surface area contributed by atoms with Crippen molar-refractivity contribution in [3.8, 4) is 23.0 Å². The molecule has 0 saturated carbocycles. The van der Waals surface area contributed by atoms with Gasteiger partial charge in [0.1, 0.15) is 23.8 Å². The monoisotopic (exact) mass is 377 g/mol. The van der Waals surface area contributed by atoms with Crippen molar-refractivity contribution >= 4 is 0 Å². The second-order valence-corrected chi connectivity index (χ2v) is 6.20. The molecule has 2 aromatic carbocycles. The molecule has 0 amide bonds. The number of hydrogen-bond acceptors (Lipinski definition) is 7. The van der Waals surface area contributed by atoms with Crippen molar-refractivity contribution in [3.63, 3.8) is 0 Å². The maximum absolute atomic E-state index is 5.79. The van der Waals surface area contributed by atoms with Gasteiger partial charge in [0.05, 0.1) is 19.9 Å². The first-order valence-electron chi connectivity index (χ1n) is 8.75. The van der Waals surface area contributed by atoms with Crippen LogP contribution < -0.4 is 9.47 Å². The van der Waals surface area contributed by atoms with E-state index in [1.165, 1.54) is 0 Å². The minimum Gasteiger partial charge on any atom is -0.497 e. The minimum absolute atomic E-state index is 0.330. The van der Waals surface area contributed by atoms with Crippen LogP contribution in [0.4, 0.5) is 0 Å². The van der Waals surface area contributed by atoms with Crippen molar-refractivity contribution in [1.82, 2.24) is 25.2 Å². The van der Waals surface area contributed by atoms with E-state index in [1.54, 1.807) is 18.7 Å². The molecule has 142 valence electrons. The summed E-state index contributed by atoms with van der Waals surface area (Å²) < 4.78 is 18.2. The van der Waals surface area contributed by atoms with Crippen molar-refractivity contribution in [2.24, 2.45) is 0 Å². The van der Waals surface area contributed by atoms with Crippen LogP contribution >= 0.6 is 0 Å². The van der Waals surface area contributed by atoms with Gasteiger partial charge in [0.15, 0.2) is 0 Å². The second-order valence-electron chi connectivity index (χ2n) is 6.20. The summed E-state index contributed by atoms with van der Waals surface area (Å²) in [5.74, 6) is 2.57. The fraction of sp³-hybridized carbons (Fsp3) is 0.200. The van der Waals surface area contributed by atoms with Crippen LogP contribution in [-0.4, -0.2) is 32.3 Å². The van der Waals surface area contributed by atoms with Crippen LogP contribution in [0.15, 0.2) is 59.1 Å². The Morgan fingerprint density at radius 2 is 1.86 bits per heavy atom. The third-order valence-electron chi connectivity index (χ3n) is 4.08. The molecule has 8 heteroatoms. The fourth-order valence-corrected chi connectivity index (χ4v) is 2.70. The number of hydrogen-bond donors (Lipinski definition) is 0. The first kappa shape index (κ1) is 17.7. The third kappa shape index (κ3) is 4.17. The normalized spacial score (nSPS) is 10.8. The summed E-state index contributed by atoms with van der Waals surface area (Å²) in [5, 5.41) is 16.1. The lowest BCUT2D eigenvalue weighted by molar-refractivity contribution is 0.301. The van der Waals surface area contributed by atoms with E-state index in [-0.39, 0.29) is 0 Å². The Balaban J connectivity index is 1.35. The summed E-state index contributed by atoms with van der Waals surface area (Å²) in [6, 6.07) is 15.3. The molecule has 0 atom stereocenters. The molecule has 0 aliphatic rings. The number of methoxy groups -OCH3 is 1. The first-order valence-corrected chi connectivity index (χ1v) is 8.75. The first-order chi connectivity index (χ1) is 13.7. The van der Waals surface area contributed by atoms with E-state index in [1.807, 2.05) is 54.7 Å². The summed E-state index contributed by atoms with van der Waals surface area (Å²) in [7, 11) is 1.65. The molecule has 0 saturated heterocycles. The molecule has 2 heterocycles. The Labute approximate surface area is 161 Å². The van der Waals surface area contributed by atoms with Gasteiger partial charge in [0.25, 0.3) is 0 Å². The smallest absolute Gasteiger partial charge is 0.247 e. The van der Waals surface area contributed by atoms with Crippen LogP contribution in [0.5, 0.6) is 11.5 Å². The highest BCUT2D eigenvalue weighted by molar-refractivity contribution is 5.53. The van der Waals surface area contributed by atoms with Gasteiger partial charge in [0.2, 0.25) is 11.8 Å². The molecule has 8 nitrogen and oxygen atoms in total. The molecule has 4 rings (SSSR count). The van der Waals surface area contributed by atoms with Gasteiger partial charge in [0, 0.05) is 12.5 Å². The predicted octanol–water partition coefficient (Wildman–Crippen LogP) is 3.27. The van der Waals surface area contributed by atoms with Gasteiger partial charge in [-0.05, 0) is 42.0 Å². The van der Waals surface area contributed by atoms with Crippen LogP contribution in [0.2, 0.25) is 0 Å². The zero-order valence-corrected chi connectivity index (χ0v) is 15.6. The lowest BCUT2D eigenvalue weighted by Crippen LogP contribution is -2.00. The molecule has 0 aliphatic heterocycles. The van der Waals surface area contributed by atoms with Gasteiger partial charge in [-0.25, -0.2) is 4.68 Å². The van der Waals surface area contributed by atoms with E-state index in [0.717, 1.165) is 28.3 Å². The lowest BCUT2D eigenvalue weighted by atomic mass is 10.2. The average Bonchev–Trinajstić information content (AvgIpc) is 3.36. The number of rotatable bonds is 7. The van der Waals surface area contributed by atoms with Gasteiger partial charge in [-0.1, -0.05) is 17.3 Å². The number of aryl methyl sites for hydroxylation is 1. The van der Waals surface area contributed by atoms with Gasteiger partial charge in [-0.3, -0.25) is 0 Å². The number of benzene rings is 2. The molecule has 0 spiro atoms. The maximum Gasteiger partial charge on any atom is 0.247 e. The van der Waals surface area contributed by atoms with Gasteiger partial charge in [-0.2, -0.15) is 0 Å². The molecule has 28 heavy (non-hydrogen) atoms. The maximum atomic E-state index is 5.79. The summed E-state index contributed by atoms with van der Waals surface area (Å²) in [4.78, 5) is 0. The third-order valence-corrected chi connectivity index (χ3v) is 4.08. The Morgan fingerprint density at radius 1 is 1.00 bits per heavy atom. The quantitative estimate of drug-likeness (QED) is 0.488. The van der Waals surface area contributed by atoms with E-state index >= 15 is 0 Å². The molecule has 4 aromatic rings. The topological polar surface area (TPSA) is 88.1 Å². The van der Waals surface area contributed by atoms with Crippen molar-refractivity contribution in [2.45, 2.75) is 20.1 Å². The molecule has 2 aromatic heterocycles. The van der Waals surface area contributed by atoms with Crippen molar-refractivity contribution in [2.75, 3.05) is 7.11 Å². The van der Waals surface area contributed by atoms with Gasteiger partial charge >= 0.3 is 0 Å². The van der Waals surface area contributed by atoms with E-state index in [9.17, 15) is 0 Å².